The molecule has 1 heterocycles. The topological polar surface area (TPSA) is 54.0 Å². The van der Waals surface area contributed by atoms with Gasteiger partial charge in [-0.3, -0.25) is 9.78 Å². The van der Waals surface area contributed by atoms with Crippen molar-refractivity contribution >= 4 is 28.9 Å². The quantitative estimate of drug-likeness (QED) is 0.870. The number of pyridine rings is 1. The summed E-state index contributed by atoms with van der Waals surface area (Å²) in [6, 6.07) is 11.0. The average molecular weight is 304 g/mol. The van der Waals surface area contributed by atoms with Gasteiger partial charge in [0.15, 0.2) is 0 Å². The van der Waals surface area contributed by atoms with E-state index in [0.717, 1.165) is 12.1 Å². The van der Waals surface area contributed by atoms with Gasteiger partial charge in [-0.25, -0.2) is 0 Å². The lowest BCUT2D eigenvalue weighted by Gasteiger charge is -2.13. The molecule has 1 amide bonds. The van der Waals surface area contributed by atoms with Gasteiger partial charge in [-0.15, -0.1) is 0 Å². The summed E-state index contributed by atoms with van der Waals surface area (Å²) in [7, 11) is 0. The van der Waals surface area contributed by atoms with E-state index in [1.54, 1.807) is 36.5 Å². The van der Waals surface area contributed by atoms with Crippen molar-refractivity contribution in [3.63, 3.8) is 0 Å². The van der Waals surface area contributed by atoms with Crippen molar-refractivity contribution in [2.75, 3.05) is 10.6 Å². The van der Waals surface area contributed by atoms with Crippen LogP contribution in [0.4, 0.5) is 11.4 Å². The van der Waals surface area contributed by atoms with Crippen LogP contribution in [0.5, 0.6) is 0 Å². The maximum atomic E-state index is 12.2. The molecule has 0 saturated heterocycles. The zero-order valence-electron chi connectivity index (χ0n) is 12.1. The maximum Gasteiger partial charge on any atom is 0.274 e. The van der Waals surface area contributed by atoms with Crippen LogP contribution in [-0.4, -0.2) is 16.9 Å². The molecular formula is C16H18ClN3O. The van der Waals surface area contributed by atoms with Gasteiger partial charge in [0.05, 0.1) is 0 Å². The number of halogens is 1. The molecule has 0 spiro atoms. The molecule has 5 heteroatoms. The molecule has 0 aliphatic carbocycles. The summed E-state index contributed by atoms with van der Waals surface area (Å²) in [5, 5.41) is 6.68. The lowest BCUT2D eigenvalue weighted by Crippen LogP contribution is -2.16. The fraction of sp³-hybridized carbons (Fsp3) is 0.250. The van der Waals surface area contributed by atoms with Crippen molar-refractivity contribution in [2.45, 2.75) is 26.3 Å². The summed E-state index contributed by atoms with van der Waals surface area (Å²) >= 11 is 5.90. The number of nitrogens with one attached hydrogen (secondary N) is 2. The molecule has 1 aromatic heterocycles. The van der Waals surface area contributed by atoms with E-state index in [1.165, 1.54) is 0 Å². The predicted octanol–water partition coefficient (Wildman–Crippen LogP) is 4.20. The highest BCUT2D eigenvalue weighted by Crippen LogP contribution is 2.16. The number of hydrogen-bond donors (Lipinski definition) is 2. The summed E-state index contributed by atoms with van der Waals surface area (Å²) in [5.41, 5.74) is 1.90. The van der Waals surface area contributed by atoms with Crippen LogP contribution in [0.2, 0.25) is 5.02 Å². The number of anilines is 2. The Labute approximate surface area is 129 Å². The smallest absolute Gasteiger partial charge is 0.274 e. The van der Waals surface area contributed by atoms with Crippen LogP contribution in [-0.2, 0) is 0 Å². The first kappa shape index (κ1) is 15.3. The SMILES string of the molecule is CCC(C)Nc1ccnc(C(=O)Nc2cccc(Cl)c2)c1. The van der Waals surface area contributed by atoms with Crippen molar-refractivity contribution in [3.8, 4) is 0 Å². The van der Waals surface area contributed by atoms with Crippen molar-refractivity contribution < 1.29 is 4.79 Å². The maximum absolute atomic E-state index is 12.2. The van der Waals surface area contributed by atoms with Crippen LogP contribution in [0.1, 0.15) is 30.8 Å². The predicted molar refractivity (Wildman–Crippen MR) is 87.0 cm³/mol. The number of carbonyl (C=O) groups excluding carboxylic acids is 1. The molecule has 0 aliphatic rings. The van der Waals surface area contributed by atoms with Crippen LogP contribution in [0, 0.1) is 0 Å². The Bertz CT molecular complexity index is 630. The second-order valence-electron chi connectivity index (χ2n) is 4.85. The minimum atomic E-state index is -0.259. The number of rotatable bonds is 5. The zero-order chi connectivity index (χ0) is 15.2. The van der Waals surface area contributed by atoms with Gasteiger partial charge in [0.2, 0.25) is 0 Å². The van der Waals surface area contributed by atoms with Gasteiger partial charge in [0, 0.05) is 28.6 Å². The number of benzene rings is 1. The van der Waals surface area contributed by atoms with E-state index in [9.17, 15) is 4.79 Å². The van der Waals surface area contributed by atoms with Crippen LogP contribution in [0.3, 0.4) is 0 Å². The molecule has 110 valence electrons. The van der Waals surface area contributed by atoms with Gasteiger partial charge in [0.1, 0.15) is 5.69 Å². The van der Waals surface area contributed by atoms with Gasteiger partial charge < -0.3 is 10.6 Å². The lowest BCUT2D eigenvalue weighted by atomic mass is 10.2. The van der Waals surface area contributed by atoms with E-state index in [0.29, 0.717) is 22.4 Å². The molecule has 1 aromatic carbocycles. The van der Waals surface area contributed by atoms with Crippen molar-refractivity contribution in [1.82, 2.24) is 4.98 Å². The molecule has 2 rings (SSSR count). The highest BCUT2D eigenvalue weighted by molar-refractivity contribution is 6.30. The van der Waals surface area contributed by atoms with E-state index in [-0.39, 0.29) is 5.91 Å². The summed E-state index contributed by atoms with van der Waals surface area (Å²) < 4.78 is 0. The molecule has 4 nitrogen and oxygen atoms in total. The lowest BCUT2D eigenvalue weighted by molar-refractivity contribution is 0.102. The largest absolute Gasteiger partial charge is 0.382 e. The van der Waals surface area contributed by atoms with E-state index < -0.39 is 0 Å². The van der Waals surface area contributed by atoms with Gasteiger partial charge in [-0.2, -0.15) is 0 Å². The molecular weight excluding hydrogens is 286 g/mol. The number of carbonyl (C=O) groups is 1. The minimum absolute atomic E-state index is 0.259. The normalized spacial score (nSPS) is 11.8. The van der Waals surface area contributed by atoms with Crippen molar-refractivity contribution in [3.05, 3.63) is 53.3 Å². The average Bonchev–Trinajstić information content (AvgIpc) is 2.47. The van der Waals surface area contributed by atoms with Gasteiger partial charge in [0.25, 0.3) is 5.91 Å². The summed E-state index contributed by atoms with van der Waals surface area (Å²) in [4.78, 5) is 16.3. The summed E-state index contributed by atoms with van der Waals surface area (Å²) in [6.45, 7) is 4.19. The van der Waals surface area contributed by atoms with Crippen LogP contribution in [0.15, 0.2) is 42.6 Å². The first-order valence-corrected chi connectivity index (χ1v) is 7.25. The van der Waals surface area contributed by atoms with Gasteiger partial charge >= 0.3 is 0 Å². The number of hydrogen-bond acceptors (Lipinski definition) is 3. The van der Waals surface area contributed by atoms with Crippen LogP contribution in [0.25, 0.3) is 0 Å². The highest BCUT2D eigenvalue weighted by atomic mass is 35.5. The minimum Gasteiger partial charge on any atom is -0.382 e. The molecule has 0 bridgehead atoms. The Morgan fingerprint density at radius 3 is 2.81 bits per heavy atom. The Morgan fingerprint density at radius 2 is 2.10 bits per heavy atom. The first-order chi connectivity index (χ1) is 10.1. The summed E-state index contributed by atoms with van der Waals surface area (Å²) in [6.07, 6.45) is 2.63. The third kappa shape index (κ3) is 4.46. The number of amides is 1. The molecule has 1 atom stereocenters. The monoisotopic (exact) mass is 303 g/mol. The van der Waals surface area contributed by atoms with E-state index in [2.05, 4.69) is 29.5 Å². The molecule has 1 unspecified atom stereocenters. The number of aromatic nitrogens is 1. The Kier molecular flexibility index (Phi) is 5.17. The fourth-order valence-corrected chi connectivity index (χ4v) is 1.98. The molecule has 2 aromatic rings. The van der Waals surface area contributed by atoms with Crippen LogP contribution < -0.4 is 10.6 Å². The fourth-order valence-electron chi connectivity index (χ4n) is 1.79. The zero-order valence-corrected chi connectivity index (χ0v) is 12.8. The molecule has 21 heavy (non-hydrogen) atoms. The standard InChI is InChI=1S/C16H18ClN3O/c1-3-11(2)19-14-7-8-18-15(10-14)16(21)20-13-6-4-5-12(17)9-13/h4-11H,3H2,1-2H3,(H,18,19)(H,20,21). The van der Waals surface area contributed by atoms with Crippen molar-refractivity contribution in [2.24, 2.45) is 0 Å². The highest BCUT2D eigenvalue weighted by Gasteiger charge is 2.09. The summed E-state index contributed by atoms with van der Waals surface area (Å²) in [5.74, 6) is -0.259. The number of nitrogens with zero attached hydrogens (tertiary/aromatic N) is 1. The molecule has 0 radical (unpaired) electrons. The van der Waals surface area contributed by atoms with Crippen LogP contribution >= 0.6 is 11.6 Å². The second-order valence-corrected chi connectivity index (χ2v) is 5.28. The van der Waals surface area contributed by atoms with Crippen molar-refractivity contribution in [1.29, 1.82) is 0 Å². The second kappa shape index (κ2) is 7.09. The molecule has 0 saturated carbocycles. The van der Waals surface area contributed by atoms with Gasteiger partial charge in [-0.1, -0.05) is 24.6 Å². The molecule has 2 N–H and O–H groups in total. The Morgan fingerprint density at radius 1 is 1.29 bits per heavy atom. The molecule has 0 aliphatic heterocycles. The Balaban J connectivity index is 2.10. The molecule has 0 fully saturated rings. The first-order valence-electron chi connectivity index (χ1n) is 6.88. The van der Waals surface area contributed by atoms with E-state index in [4.69, 9.17) is 11.6 Å². The Hall–Kier alpha value is -2.07. The third-order valence-corrected chi connectivity index (χ3v) is 3.34. The third-order valence-electron chi connectivity index (χ3n) is 3.10. The van der Waals surface area contributed by atoms with E-state index in [1.807, 2.05) is 6.07 Å². The van der Waals surface area contributed by atoms with E-state index >= 15 is 0 Å². The van der Waals surface area contributed by atoms with Gasteiger partial charge in [-0.05, 0) is 43.7 Å².